The lowest BCUT2D eigenvalue weighted by Gasteiger charge is -2.37. The summed E-state index contributed by atoms with van der Waals surface area (Å²) in [5, 5.41) is 2.60. The van der Waals surface area contributed by atoms with Crippen molar-refractivity contribution in [2.24, 2.45) is 11.7 Å². The van der Waals surface area contributed by atoms with Gasteiger partial charge in [-0.05, 0) is 49.6 Å². The number of piperidine rings is 1. The molecule has 12 heteroatoms. The van der Waals surface area contributed by atoms with Crippen molar-refractivity contribution in [2.75, 3.05) is 29.9 Å². The third kappa shape index (κ3) is 6.31. The van der Waals surface area contributed by atoms with E-state index in [1.54, 1.807) is 19.2 Å². The number of carbonyl (C=O) groups excluding carboxylic acids is 1. The van der Waals surface area contributed by atoms with Gasteiger partial charge in [-0.2, -0.15) is 0 Å². The van der Waals surface area contributed by atoms with E-state index in [0.717, 1.165) is 30.7 Å². The molecule has 1 aromatic heterocycles. The van der Waals surface area contributed by atoms with E-state index in [-0.39, 0.29) is 43.2 Å². The van der Waals surface area contributed by atoms with Crippen molar-refractivity contribution in [3.05, 3.63) is 71.6 Å². The monoisotopic (exact) mass is 574 g/mol. The van der Waals surface area contributed by atoms with Crippen molar-refractivity contribution in [3.63, 3.8) is 0 Å². The Bertz CT molecular complexity index is 1290. The Morgan fingerprint density at radius 1 is 1.05 bits per heavy atom. The molecule has 38 heavy (non-hydrogen) atoms. The molecule has 1 aliphatic heterocycles. The van der Waals surface area contributed by atoms with Crippen molar-refractivity contribution in [2.45, 2.75) is 26.3 Å². The topological polar surface area (TPSA) is 80.5 Å². The van der Waals surface area contributed by atoms with Crippen LogP contribution in [0, 0.1) is 29.2 Å². The fourth-order valence-corrected chi connectivity index (χ4v) is 4.53. The Morgan fingerprint density at radius 2 is 1.71 bits per heavy atom. The summed E-state index contributed by atoms with van der Waals surface area (Å²) < 4.78 is 64.8. The number of nitrogens with one attached hydrogen (secondary N) is 1. The van der Waals surface area contributed by atoms with Crippen molar-refractivity contribution in [1.82, 2.24) is 4.98 Å². The van der Waals surface area contributed by atoms with Gasteiger partial charge in [0.15, 0.2) is 11.6 Å². The molecule has 2 heterocycles. The van der Waals surface area contributed by atoms with Crippen LogP contribution in [0.15, 0.2) is 42.7 Å². The number of carbonyl (C=O) groups is 1. The maximum absolute atomic E-state index is 15.5. The molecular formula is C26H28Cl2F4N4O2. The minimum Gasteiger partial charge on any atom is -0.491 e. The highest BCUT2D eigenvalue weighted by Gasteiger charge is 2.28. The van der Waals surface area contributed by atoms with Crippen LogP contribution in [-0.2, 0) is 0 Å². The highest BCUT2D eigenvalue weighted by molar-refractivity contribution is 6.06. The molecule has 1 aliphatic rings. The van der Waals surface area contributed by atoms with E-state index in [0.29, 0.717) is 30.4 Å². The van der Waals surface area contributed by atoms with Gasteiger partial charge < -0.3 is 20.7 Å². The van der Waals surface area contributed by atoms with Crippen LogP contribution in [0.5, 0.6) is 5.75 Å². The highest BCUT2D eigenvalue weighted by atomic mass is 35.5. The molecule has 0 aliphatic carbocycles. The van der Waals surface area contributed by atoms with Crippen LogP contribution in [-0.4, -0.2) is 36.6 Å². The van der Waals surface area contributed by atoms with E-state index in [4.69, 9.17) is 10.5 Å². The van der Waals surface area contributed by atoms with Crippen molar-refractivity contribution < 1.29 is 27.1 Å². The number of aromatic nitrogens is 1. The molecular weight excluding hydrogens is 547 g/mol. The zero-order valence-electron chi connectivity index (χ0n) is 20.6. The quantitative estimate of drug-likeness (QED) is 0.354. The summed E-state index contributed by atoms with van der Waals surface area (Å²) in [5.74, 6) is -6.07. The maximum atomic E-state index is 15.5. The molecule has 1 saturated heterocycles. The zero-order chi connectivity index (χ0) is 26.0. The molecule has 0 spiro atoms. The first kappa shape index (κ1) is 31.1. The maximum Gasteiger partial charge on any atom is 0.258 e. The van der Waals surface area contributed by atoms with E-state index < -0.39 is 45.9 Å². The molecule has 3 aromatic rings. The second kappa shape index (κ2) is 13.1. The minimum atomic E-state index is -1.40. The second-order valence-corrected chi connectivity index (χ2v) is 8.80. The van der Waals surface area contributed by atoms with Gasteiger partial charge in [0.1, 0.15) is 17.5 Å². The third-order valence-electron chi connectivity index (χ3n) is 6.02. The van der Waals surface area contributed by atoms with Gasteiger partial charge in [-0.3, -0.25) is 9.78 Å². The van der Waals surface area contributed by atoms with Gasteiger partial charge in [-0.25, -0.2) is 17.6 Å². The number of pyridine rings is 1. The first-order valence-electron chi connectivity index (χ1n) is 11.6. The van der Waals surface area contributed by atoms with Crippen LogP contribution >= 0.6 is 24.8 Å². The van der Waals surface area contributed by atoms with Crippen LogP contribution < -0.4 is 20.7 Å². The first-order chi connectivity index (χ1) is 17.2. The van der Waals surface area contributed by atoms with E-state index in [2.05, 4.69) is 17.2 Å². The van der Waals surface area contributed by atoms with Gasteiger partial charge in [0.05, 0.1) is 40.9 Å². The number of hydrogen-bond acceptors (Lipinski definition) is 5. The summed E-state index contributed by atoms with van der Waals surface area (Å²) in [5.41, 5.74) is 4.55. The van der Waals surface area contributed by atoms with Gasteiger partial charge >= 0.3 is 0 Å². The molecule has 4 rings (SSSR count). The number of ether oxygens (including phenoxy) is 1. The van der Waals surface area contributed by atoms with E-state index >= 15 is 4.39 Å². The van der Waals surface area contributed by atoms with Gasteiger partial charge in [0.2, 0.25) is 0 Å². The second-order valence-electron chi connectivity index (χ2n) is 8.80. The van der Waals surface area contributed by atoms with Gasteiger partial charge in [-0.1, -0.05) is 6.92 Å². The van der Waals surface area contributed by atoms with Gasteiger partial charge in [0, 0.05) is 25.3 Å². The number of hydrogen-bond donors (Lipinski definition) is 2. The van der Waals surface area contributed by atoms with E-state index in [1.807, 2.05) is 4.90 Å². The summed E-state index contributed by atoms with van der Waals surface area (Å²) in [6, 6.07) is 5.23. The van der Waals surface area contributed by atoms with Crippen molar-refractivity contribution >= 4 is 42.1 Å². The summed E-state index contributed by atoms with van der Waals surface area (Å²) in [6.07, 6.45) is 3.83. The normalized spacial score (nSPS) is 16.8. The Kier molecular flexibility index (Phi) is 10.8. The summed E-state index contributed by atoms with van der Waals surface area (Å²) >= 11 is 0. The van der Waals surface area contributed by atoms with Crippen molar-refractivity contribution in [3.8, 4) is 16.9 Å². The minimum absolute atomic E-state index is 0. The first-order valence-corrected chi connectivity index (χ1v) is 11.6. The lowest BCUT2D eigenvalue weighted by Crippen LogP contribution is -2.46. The molecule has 0 saturated carbocycles. The summed E-state index contributed by atoms with van der Waals surface area (Å²) in [6.45, 7) is 4.97. The fourth-order valence-electron chi connectivity index (χ4n) is 4.53. The Hall–Kier alpha value is -3.08. The number of halogens is 6. The van der Waals surface area contributed by atoms with Gasteiger partial charge in [0.25, 0.3) is 5.91 Å². The molecule has 1 fully saturated rings. The predicted molar refractivity (Wildman–Crippen MR) is 144 cm³/mol. The molecule has 2 aromatic carbocycles. The van der Waals surface area contributed by atoms with Crippen LogP contribution in [0.4, 0.5) is 28.9 Å². The smallest absolute Gasteiger partial charge is 0.258 e. The molecule has 206 valence electrons. The van der Waals surface area contributed by atoms with E-state index in [1.165, 1.54) is 6.20 Å². The SMILES string of the molecule is CCOc1ccc(F)c(-c2c(F)ccc(C(=O)Nc3cnccc3N3C[C@H](C)C[C@H](N)C3)c2F)c1F.Cl.Cl. The number of anilines is 2. The zero-order valence-corrected chi connectivity index (χ0v) is 22.3. The third-order valence-corrected chi connectivity index (χ3v) is 6.02. The molecule has 3 N–H and O–H groups in total. The van der Waals surface area contributed by atoms with E-state index in [9.17, 15) is 18.0 Å². The Balaban J connectivity index is 0.00000253. The van der Waals surface area contributed by atoms with Crippen LogP contribution in [0.25, 0.3) is 11.1 Å². The number of rotatable bonds is 6. The molecule has 0 radical (unpaired) electrons. The van der Waals surface area contributed by atoms with Crippen molar-refractivity contribution in [1.29, 1.82) is 0 Å². The molecule has 0 unspecified atom stereocenters. The molecule has 6 nitrogen and oxygen atoms in total. The number of benzene rings is 2. The highest BCUT2D eigenvalue weighted by Crippen LogP contribution is 2.37. The predicted octanol–water partition coefficient (Wildman–Crippen LogP) is 5.97. The van der Waals surface area contributed by atoms with Crippen LogP contribution in [0.2, 0.25) is 0 Å². The average molecular weight is 575 g/mol. The molecule has 0 bridgehead atoms. The molecule has 1 amide bonds. The summed E-state index contributed by atoms with van der Waals surface area (Å²) in [4.78, 5) is 19.1. The fraction of sp³-hybridized carbons (Fsp3) is 0.308. The van der Waals surface area contributed by atoms with Crippen LogP contribution in [0.1, 0.15) is 30.6 Å². The lowest BCUT2D eigenvalue weighted by molar-refractivity contribution is 0.102. The number of amides is 1. The van der Waals surface area contributed by atoms with Gasteiger partial charge in [-0.15, -0.1) is 24.8 Å². The standard InChI is InChI=1S/C26H26F4N4O2.2ClH/c1-3-36-21-7-6-18(28)23(25(21)30)22-17(27)5-4-16(24(22)29)26(35)33-19-11-32-9-8-20(19)34-12-14(2)10-15(31)13-34;;/h4-9,11,14-15H,3,10,12-13,31H2,1-2H3,(H,33,35);2*1H/t14-,15+;;/m1../s1. The average Bonchev–Trinajstić information content (AvgIpc) is 2.82. The Morgan fingerprint density at radius 3 is 2.37 bits per heavy atom. The number of nitrogens with two attached hydrogens (primary N) is 1. The van der Waals surface area contributed by atoms with Crippen LogP contribution in [0.3, 0.4) is 0 Å². The molecule has 2 atom stereocenters. The largest absolute Gasteiger partial charge is 0.491 e. The lowest BCUT2D eigenvalue weighted by atomic mass is 9.96. The Labute approximate surface area is 230 Å². The number of nitrogens with zero attached hydrogens (tertiary/aromatic N) is 2. The summed E-state index contributed by atoms with van der Waals surface area (Å²) in [7, 11) is 0.